The van der Waals surface area contributed by atoms with Gasteiger partial charge in [0.1, 0.15) is 0 Å². The Bertz CT molecular complexity index is 297. The summed E-state index contributed by atoms with van der Waals surface area (Å²) in [6, 6.07) is 0. The number of thioether (sulfide) groups is 1. The molecule has 2 atom stereocenters. The van der Waals surface area contributed by atoms with Crippen LogP contribution in [-0.2, 0) is 9.47 Å². The van der Waals surface area contributed by atoms with Crippen LogP contribution in [0.5, 0.6) is 0 Å². The molecule has 1 aliphatic heterocycles. The number of nitrogens with one attached hydrogen (secondary N) is 1. The highest BCUT2D eigenvalue weighted by Crippen LogP contribution is 2.20. The van der Waals surface area contributed by atoms with Crippen LogP contribution in [0.3, 0.4) is 0 Å². The van der Waals surface area contributed by atoms with Crippen LogP contribution < -0.4 is 5.32 Å². The fraction of sp³-hybridized carbons (Fsp3) is 1.00. The van der Waals surface area contributed by atoms with Crippen LogP contribution in [0, 0.1) is 5.41 Å². The molecule has 1 rings (SSSR count). The maximum atomic E-state index is 5.85. The average molecular weight is 347 g/mol. The van der Waals surface area contributed by atoms with Crippen molar-refractivity contribution in [3.8, 4) is 0 Å². The topological polar surface area (TPSA) is 33.7 Å². The summed E-state index contributed by atoms with van der Waals surface area (Å²) < 4.78 is 11.6. The Kier molecular flexibility index (Phi) is 10.8. The third-order valence-corrected chi connectivity index (χ3v) is 5.17. The van der Waals surface area contributed by atoms with E-state index in [0.29, 0.717) is 16.8 Å². The highest BCUT2D eigenvalue weighted by atomic mass is 32.2. The lowest BCUT2D eigenvalue weighted by Gasteiger charge is -2.33. The van der Waals surface area contributed by atoms with E-state index in [-0.39, 0.29) is 0 Å². The van der Waals surface area contributed by atoms with E-state index in [1.807, 2.05) is 11.8 Å². The second kappa shape index (κ2) is 11.7. The molecular weight excluding hydrogens is 308 g/mol. The van der Waals surface area contributed by atoms with Crippen molar-refractivity contribution in [3.63, 3.8) is 0 Å². The second-order valence-corrected chi connectivity index (χ2v) is 9.05. The molecule has 1 N–H and O–H groups in total. The summed E-state index contributed by atoms with van der Waals surface area (Å²) in [7, 11) is 0. The molecule has 1 aliphatic rings. The molecule has 23 heavy (non-hydrogen) atoms. The molecule has 0 radical (unpaired) electrons. The molecule has 0 bridgehead atoms. The fourth-order valence-corrected chi connectivity index (χ4v) is 2.92. The molecule has 0 aromatic heterocycles. The molecule has 4 nitrogen and oxygen atoms in total. The van der Waals surface area contributed by atoms with E-state index in [0.717, 1.165) is 59.0 Å². The highest BCUT2D eigenvalue weighted by molar-refractivity contribution is 7.99. The van der Waals surface area contributed by atoms with Crippen molar-refractivity contribution in [2.45, 2.75) is 51.9 Å². The van der Waals surface area contributed by atoms with Crippen molar-refractivity contribution in [1.82, 2.24) is 10.2 Å². The van der Waals surface area contributed by atoms with E-state index < -0.39 is 0 Å². The molecule has 2 unspecified atom stereocenters. The Morgan fingerprint density at radius 2 is 2.13 bits per heavy atom. The Labute approximate surface area is 148 Å². The monoisotopic (exact) mass is 346 g/mol. The molecule has 0 saturated carbocycles. The number of rotatable bonds is 11. The summed E-state index contributed by atoms with van der Waals surface area (Å²) in [4.78, 5) is 2.47. The molecule has 0 amide bonds. The molecule has 5 heteroatoms. The summed E-state index contributed by atoms with van der Waals surface area (Å²) in [6.45, 7) is 16.8. The lowest BCUT2D eigenvalue weighted by Crippen LogP contribution is -2.48. The number of hydrogen-bond acceptors (Lipinski definition) is 5. The third kappa shape index (κ3) is 11.4. The zero-order valence-corrected chi connectivity index (χ0v) is 16.7. The fourth-order valence-electron chi connectivity index (χ4n) is 2.64. The lowest BCUT2D eigenvalue weighted by atomic mass is 9.91. The van der Waals surface area contributed by atoms with E-state index in [9.17, 15) is 0 Å². The Balaban J connectivity index is 2.04. The smallest absolute Gasteiger partial charge is 0.0826 e. The van der Waals surface area contributed by atoms with Gasteiger partial charge in [-0.05, 0) is 24.5 Å². The normalized spacial score (nSPS) is 21.5. The molecule has 0 spiro atoms. The maximum absolute atomic E-state index is 5.85. The molecule has 1 heterocycles. The first-order chi connectivity index (χ1) is 10.9. The molecule has 0 aliphatic carbocycles. The minimum absolute atomic E-state index is 0.318. The van der Waals surface area contributed by atoms with Crippen LogP contribution in [0.15, 0.2) is 0 Å². The largest absolute Gasteiger partial charge is 0.380 e. The van der Waals surface area contributed by atoms with Gasteiger partial charge in [-0.2, -0.15) is 11.8 Å². The van der Waals surface area contributed by atoms with Crippen LogP contribution in [0.1, 0.15) is 40.5 Å². The average Bonchev–Trinajstić information content (AvgIpc) is 2.50. The van der Waals surface area contributed by atoms with Gasteiger partial charge in [0, 0.05) is 44.6 Å². The third-order valence-electron chi connectivity index (χ3n) is 4.20. The minimum atomic E-state index is 0.318. The van der Waals surface area contributed by atoms with Gasteiger partial charge in [0.15, 0.2) is 0 Å². The van der Waals surface area contributed by atoms with Crippen molar-refractivity contribution in [1.29, 1.82) is 0 Å². The molecule has 1 saturated heterocycles. The first-order valence-electron chi connectivity index (χ1n) is 9.06. The first kappa shape index (κ1) is 21.2. The molecule has 0 aromatic carbocycles. The minimum Gasteiger partial charge on any atom is -0.380 e. The Hall–Kier alpha value is 0.190. The predicted molar refractivity (Wildman–Crippen MR) is 102 cm³/mol. The van der Waals surface area contributed by atoms with Gasteiger partial charge >= 0.3 is 0 Å². The van der Waals surface area contributed by atoms with Crippen molar-refractivity contribution in [3.05, 3.63) is 0 Å². The lowest BCUT2D eigenvalue weighted by molar-refractivity contribution is -0.0350. The van der Waals surface area contributed by atoms with Gasteiger partial charge in [-0.1, -0.05) is 27.7 Å². The first-order valence-corrected chi connectivity index (χ1v) is 10.3. The van der Waals surface area contributed by atoms with Gasteiger partial charge in [-0.15, -0.1) is 0 Å². The van der Waals surface area contributed by atoms with Crippen LogP contribution in [0.25, 0.3) is 0 Å². The van der Waals surface area contributed by atoms with Crippen molar-refractivity contribution in [2.24, 2.45) is 5.41 Å². The maximum Gasteiger partial charge on any atom is 0.0826 e. The van der Waals surface area contributed by atoms with Gasteiger partial charge < -0.3 is 14.8 Å². The van der Waals surface area contributed by atoms with Gasteiger partial charge in [0.25, 0.3) is 0 Å². The van der Waals surface area contributed by atoms with E-state index in [4.69, 9.17) is 9.47 Å². The van der Waals surface area contributed by atoms with E-state index >= 15 is 0 Å². The number of ether oxygens (including phenoxy) is 2. The van der Waals surface area contributed by atoms with Crippen LogP contribution in [-0.4, -0.2) is 75.1 Å². The standard InChI is InChI=1S/C18H38N2O2S/c1-16(23-5)13-19-14-17-15-20(9-12-22-17)8-11-21-10-6-7-18(2,3)4/h16-17,19H,6-15H2,1-5H3. The zero-order chi connectivity index (χ0) is 17.1. The summed E-state index contributed by atoms with van der Waals surface area (Å²) >= 11 is 1.90. The summed E-state index contributed by atoms with van der Waals surface area (Å²) in [5.41, 5.74) is 0.418. The van der Waals surface area contributed by atoms with Gasteiger partial charge in [0.2, 0.25) is 0 Å². The van der Waals surface area contributed by atoms with E-state index in [1.54, 1.807) is 0 Å². The van der Waals surface area contributed by atoms with Gasteiger partial charge in [0.05, 0.1) is 19.3 Å². The number of morpholine rings is 1. The molecule has 0 aromatic rings. The summed E-state index contributed by atoms with van der Waals surface area (Å²) in [5.74, 6) is 0. The van der Waals surface area contributed by atoms with Crippen LogP contribution in [0.2, 0.25) is 0 Å². The number of nitrogens with zero attached hydrogens (tertiary/aromatic N) is 1. The molecular formula is C18H38N2O2S. The summed E-state index contributed by atoms with van der Waals surface area (Å²) in [5, 5.41) is 4.18. The molecule has 1 fully saturated rings. The van der Waals surface area contributed by atoms with E-state index in [2.05, 4.69) is 44.2 Å². The van der Waals surface area contributed by atoms with Gasteiger partial charge in [-0.3, -0.25) is 4.90 Å². The van der Waals surface area contributed by atoms with Gasteiger partial charge in [-0.25, -0.2) is 0 Å². The summed E-state index contributed by atoms with van der Waals surface area (Å²) in [6.07, 6.45) is 4.87. The van der Waals surface area contributed by atoms with Crippen molar-refractivity contribution < 1.29 is 9.47 Å². The van der Waals surface area contributed by atoms with Crippen molar-refractivity contribution >= 4 is 11.8 Å². The van der Waals surface area contributed by atoms with Crippen LogP contribution in [0.4, 0.5) is 0 Å². The van der Waals surface area contributed by atoms with Crippen LogP contribution >= 0.6 is 11.8 Å². The zero-order valence-electron chi connectivity index (χ0n) is 15.9. The second-order valence-electron chi connectivity index (χ2n) is 7.77. The number of hydrogen-bond donors (Lipinski definition) is 1. The Morgan fingerprint density at radius 3 is 2.83 bits per heavy atom. The quantitative estimate of drug-likeness (QED) is 0.582. The highest BCUT2D eigenvalue weighted by Gasteiger charge is 2.20. The van der Waals surface area contributed by atoms with E-state index in [1.165, 1.54) is 6.42 Å². The predicted octanol–water partition coefficient (Wildman–Crippen LogP) is 2.87. The van der Waals surface area contributed by atoms with Crippen molar-refractivity contribution in [2.75, 3.05) is 58.8 Å². The molecule has 138 valence electrons. The Morgan fingerprint density at radius 1 is 1.35 bits per heavy atom. The SMILES string of the molecule is CSC(C)CNCC1CN(CCOCCCC(C)(C)C)CCO1.